The third kappa shape index (κ3) is 3.37. The van der Waals surface area contributed by atoms with E-state index in [9.17, 15) is 0 Å². The summed E-state index contributed by atoms with van der Waals surface area (Å²) in [5, 5.41) is 9.69. The van der Waals surface area contributed by atoms with E-state index in [1.807, 2.05) is 0 Å². The topological polar surface area (TPSA) is 30.7 Å². The van der Waals surface area contributed by atoms with Crippen LogP contribution in [0.2, 0.25) is 0 Å². The smallest absolute Gasteiger partial charge is 0.148 e. The summed E-state index contributed by atoms with van der Waals surface area (Å²) in [6, 6.07) is 10.5. The summed E-state index contributed by atoms with van der Waals surface area (Å²) in [6.45, 7) is 0. The molecule has 0 N–H and O–H groups in total. The van der Waals surface area contributed by atoms with Crippen molar-refractivity contribution >= 4 is 15.9 Å². The van der Waals surface area contributed by atoms with Crippen LogP contribution in [-0.2, 0) is 5.33 Å². The van der Waals surface area contributed by atoms with E-state index in [2.05, 4.69) is 61.0 Å². The van der Waals surface area contributed by atoms with Crippen LogP contribution in [0.25, 0.3) is 5.69 Å². The average Bonchev–Trinajstić information content (AvgIpc) is 2.91. The number of halogens is 1. The van der Waals surface area contributed by atoms with Gasteiger partial charge >= 0.3 is 0 Å². The van der Waals surface area contributed by atoms with Crippen LogP contribution in [0.4, 0.5) is 0 Å². The summed E-state index contributed by atoms with van der Waals surface area (Å²) in [6.07, 6.45) is 9.24. The first-order chi connectivity index (χ1) is 10.4. The standard InChI is InChI=1S/C17H22BrN3/c18-13-16-19-20-17(14-9-5-2-1-3-6-10-14)21(16)15-11-7-4-8-12-15/h4,7-8,11-12,14H,1-3,5-6,9-10,13H2. The molecule has 1 heterocycles. The van der Waals surface area contributed by atoms with Gasteiger partial charge in [0.2, 0.25) is 0 Å². The highest BCUT2D eigenvalue weighted by atomic mass is 79.9. The van der Waals surface area contributed by atoms with Crippen molar-refractivity contribution in [2.75, 3.05) is 0 Å². The Morgan fingerprint density at radius 2 is 1.62 bits per heavy atom. The van der Waals surface area contributed by atoms with Gasteiger partial charge in [-0.05, 0) is 25.0 Å². The second-order valence-electron chi connectivity index (χ2n) is 5.82. The van der Waals surface area contributed by atoms with Gasteiger partial charge < -0.3 is 0 Å². The van der Waals surface area contributed by atoms with Gasteiger partial charge in [0.15, 0.2) is 0 Å². The Labute approximate surface area is 134 Å². The lowest BCUT2D eigenvalue weighted by Gasteiger charge is -2.20. The molecule has 0 amide bonds. The van der Waals surface area contributed by atoms with Crippen molar-refractivity contribution in [3.63, 3.8) is 0 Å². The summed E-state index contributed by atoms with van der Waals surface area (Å²) in [5.41, 5.74) is 1.18. The molecule has 21 heavy (non-hydrogen) atoms. The molecule has 1 aliphatic carbocycles. The lowest BCUT2D eigenvalue weighted by atomic mass is 9.90. The minimum Gasteiger partial charge on any atom is -0.282 e. The molecule has 0 atom stereocenters. The van der Waals surface area contributed by atoms with E-state index in [1.165, 1.54) is 50.6 Å². The first kappa shape index (κ1) is 14.8. The lowest BCUT2D eigenvalue weighted by molar-refractivity contribution is 0.438. The summed E-state index contributed by atoms with van der Waals surface area (Å²) >= 11 is 3.55. The summed E-state index contributed by atoms with van der Waals surface area (Å²) < 4.78 is 2.25. The molecule has 0 bridgehead atoms. The van der Waals surface area contributed by atoms with Crippen LogP contribution < -0.4 is 0 Å². The van der Waals surface area contributed by atoms with Gasteiger partial charge in [-0.25, -0.2) is 0 Å². The number of aromatic nitrogens is 3. The van der Waals surface area contributed by atoms with Gasteiger partial charge in [-0.2, -0.15) is 0 Å². The number of alkyl halides is 1. The van der Waals surface area contributed by atoms with Crippen molar-refractivity contribution in [1.82, 2.24) is 14.8 Å². The minimum absolute atomic E-state index is 0.547. The van der Waals surface area contributed by atoms with Gasteiger partial charge in [0, 0.05) is 11.6 Å². The largest absolute Gasteiger partial charge is 0.282 e. The van der Waals surface area contributed by atoms with Gasteiger partial charge in [0.25, 0.3) is 0 Å². The van der Waals surface area contributed by atoms with Crippen LogP contribution >= 0.6 is 15.9 Å². The number of hydrogen-bond donors (Lipinski definition) is 0. The highest BCUT2D eigenvalue weighted by Crippen LogP contribution is 2.31. The first-order valence-corrected chi connectivity index (χ1v) is 9.08. The molecule has 1 aliphatic rings. The van der Waals surface area contributed by atoms with Crippen molar-refractivity contribution in [2.45, 2.75) is 56.2 Å². The number of para-hydroxylation sites is 1. The normalized spacial score (nSPS) is 17.4. The number of hydrogen-bond acceptors (Lipinski definition) is 2. The summed E-state index contributed by atoms with van der Waals surface area (Å²) in [7, 11) is 0. The van der Waals surface area contributed by atoms with E-state index >= 15 is 0 Å². The number of rotatable bonds is 3. The van der Waals surface area contributed by atoms with Gasteiger partial charge in [-0.3, -0.25) is 4.57 Å². The second-order valence-corrected chi connectivity index (χ2v) is 6.38. The molecule has 0 unspecified atom stereocenters. The Morgan fingerprint density at radius 3 is 2.29 bits per heavy atom. The molecule has 112 valence electrons. The predicted molar refractivity (Wildman–Crippen MR) is 89.1 cm³/mol. The van der Waals surface area contributed by atoms with Crippen LogP contribution in [0.15, 0.2) is 30.3 Å². The van der Waals surface area contributed by atoms with E-state index in [0.29, 0.717) is 5.92 Å². The van der Waals surface area contributed by atoms with Crippen molar-refractivity contribution < 1.29 is 0 Å². The molecule has 3 rings (SSSR count). The molecule has 1 saturated carbocycles. The third-order valence-electron chi connectivity index (χ3n) is 4.36. The summed E-state index contributed by atoms with van der Waals surface area (Å²) in [5.74, 6) is 2.70. The molecule has 4 heteroatoms. The Bertz CT molecular complexity index is 557. The Kier molecular flexibility index (Phi) is 5.07. The maximum Gasteiger partial charge on any atom is 0.148 e. The van der Waals surface area contributed by atoms with E-state index in [-0.39, 0.29) is 0 Å². The molecular formula is C17H22BrN3. The van der Waals surface area contributed by atoms with Gasteiger partial charge in [0.05, 0.1) is 5.33 Å². The van der Waals surface area contributed by atoms with E-state index in [1.54, 1.807) is 0 Å². The van der Waals surface area contributed by atoms with Crippen molar-refractivity contribution in [1.29, 1.82) is 0 Å². The third-order valence-corrected chi connectivity index (χ3v) is 4.86. The minimum atomic E-state index is 0.547. The second kappa shape index (κ2) is 7.21. The van der Waals surface area contributed by atoms with Crippen molar-refractivity contribution in [2.24, 2.45) is 0 Å². The van der Waals surface area contributed by atoms with Crippen LogP contribution in [-0.4, -0.2) is 14.8 Å². The maximum atomic E-state index is 4.54. The molecule has 1 fully saturated rings. The molecule has 2 aromatic rings. The first-order valence-electron chi connectivity index (χ1n) is 7.95. The van der Waals surface area contributed by atoms with Gasteiger partial charge in [-0.15, -0.1) is 10.2 Å². The van der Waals surface area contributed by atoms with Crippen LogP contribution in [0.3, 0.4) is 0 Å². The fraction of sp³-hybridized carbons (Fsp3) is 0.529. The number of nitrogens with zero attached hydrogens (tertiary/aromatic N) is 3. The zero-order chi connectivity index (χ0) is 14.5. The summed E-state index contributed by atoms with van der Waals surface area (Å²) in [4.78, 5) is 0. The molecule has 0 saturated heterocycles. The van der Waals surface area contributed by atoms with E-state index in [4.69, 9.17) is 0 Å². The monoisotopic (exact) mass is 347 g/mol. The molecule has 1 aromatic heterocycles. The maximum absolute atomic E-state index is 4.54. The Hall–Kier alpha value is -1.16. The molecule has 0 aliphatic heterocycles. The lowest BCUT2D eigenvalue weighted by Crippen LogP contribution is -2.11. The molecule has 0 spiro atoms. The molecule has 3 nitrogen and oxygen atoms in total. The van der Waals surface area contributed by atoms with Crippen molar-refractivity contribution in [3.8, 4) is 5.69 Å². The quantitative estimate of drug-likeness (QED) is 0.732. The highest BCUT2D eigenvalue weighted by molar-refractivity contribution is 9.08. The zero-order valence-corrected chi connectivity index (χ0v) is 13.9. The van der Waals surface area contributed by atoms with E-state index < -0.39 is 0 Å². The fourth-order valence-electron chi connectivity index (χ4n) is 3.25. The Balaban J connectivity index is 1.96. The molecular weight excluding hydrogens is 326 g/mol. The van der Waals surface area contributed by atoms with Crippen LogP contribution in [0.5, 0.6) is 0 Å². The predicted octanol–water partition coefficient (Wildman–Crippen LogP) is 4.99. The van der Waals surface area contributed by atoms with Crippen LogP contribution in [0.1, 0.15) is 62.5 Å². The number of benzene rings is 1. The van der Waals surface area contributed by atoms with E-state index in [0.717, 1.165) is 17.0 Å². The van der Waals surface area contributed by atoms with Crippen molar-refractivity contribution in [3.05, 3.63) is 42.0 Å². The SMILES string of the molecule is BrCc1nnc(C2CCCCCCC2)n1-c1ccccc1. The average molecular weight is 348 g/mol. The van der Waals surface area contributed by atoms with Crippen LogP contribution in [0, 0.1) is 0 Å². The molecule has 1 aromatic carbocycles. The fourth-order valence-corrected chi connectivity index (χ4v) is 3.62. The zero-order valence-electron chi connectivity index (χ0n) is 12.3. The Morgan fingerprint density at radius 1 is 0.952 bits per heavy atom. The van der Waals surface area contributed by atoms with Gasteiger partial charge in [-0.1, -0.05) is 66.2 Å². The van der Waals surface area contributed by atoms with Gasteiger partial charge in [0.1, 0.15) is 11.6 Å². The highest BCUT2D eigenvalue weighted by Gasteiger charge is 2.22. The molecule has 0 radical (unpaired) electrons.